The third-order valence-electron chi connectivity index (χ3n) is 5.28. The molecule has 34 heavy (non-hydrogen) atoms. The van der Waals surface area contributed by atoms with Crippen molar-refractivity contribution in [3.63, 3.8) is 0 Å². The fourth-order valence-electron chi connectivity index (χ4n) is 3.47. The van der Waals surface area contributed by atoms with Crippen molar-refractivity contribution in [3.05, 3.63) is 71.1 Å². The molecule has 0 bridgehead atoms. The molecule has 0 aliphatic carbocycles. The minimum Gasteiger partial charge on any atom is -0.482 e. The van der Waals surface area contributed by atoms with Crippen molar-refractivity contribution in [2.45, 2.75) is 4.90 Å². The molecule has 0 N–H and O–H groups in total. The number of amides is 1. The zero-order valence-corrected chi connectivity index (χ0v) is 18.9. The van der Waals surface area contributed by atoms with Crippen LogP contribution in [0.1, 0.15) is 0 Å². The van der Waals surface area contributed by atoms with Gasteiger partial charge in [0.15, 0.2) is 13.2 Å². The highest BCUT2D eigenvalue weighted by Gasteiger charge is 2.30. The Bertz CT molecular complexity index is 1350. The van der Waals surface area contributed by atoms with E-state index in [2.05, 4.69) is 0 Å². The summed E-state index contributed by atoms with van der Waals surface area (Å²) < 4.78 is 42.1. The summed E-state index contributed by atoms with van der Waals surface area (Å²) in [5.41, 5.74) is -0.178. The number of carbonyl (C=O) groups excluding carboxylic acids is 2. The van der Waals surface area contributed by atoms with Crippen molar-refractivity contribution in [1.29, 1.82) is 0 Å². The predicted molar refractivity (Wildman–Crippen MR) is 121 cm³/mol. The number of hydrogen-bond acceptors (Lipinski definition) is 8. The number of sulfonamides is 1. The molecule has 1 aliphatic rings. The number of esters is 1. The van der Waals surface area contributed by atoms with Crippen LogP contribution in [0.3, 0.4) is 0 Å². The van der Waals surface area contributed by atoms with E-state index in [1.807, 2.05) is 0 Å². The van der Waals surface area contributed by atoms with Gasteiger partial charge in [-0.15, -0.1) is 0 Å². The summed E-state index contributed by atoms with van der Waals surface area (Å²) in [6, 6.07) is 15.8. The number of nitrogens with zero attached hydrogens (tertiary/aromatic N) is 2. The second kappa shape index (κ2) is 10.1. The lowest BCUT2D eigenvalue weighted by Crippen LogP contribution is -2.51. The summed E-state index contributed by atoms with van der Waals surface area (Å²) in [4.78, 5) is 37.3. The van der Waals surface area contributed by atoms with Gasteiger partial charge in [-0.25, -0.2) is 18.0 Å². The number of benzene rings is 2. The lowest BCUT2D eigenvalue weighted by Gasteiger charge is -2.33. The first kappa shape index (κ1) is 23.5. The molecule has 0 saturated carbocycles. The van der Waals surface area contributed by atoms with Crippen LogP contribution in [0, 0.1) is 0 Å². The van der Waals surface area contributed by atoms with Gasteiger partial charge in [0.1, 0.15) is 11.3 Å². The van der Waals surface area contributed by atoms with E-state index in [4.69, 9.17) is 13.9 Å². The topological polar surface area (TPSA) is 123 Å². The highest BCUT2D eigenvalue weighted by molar-refractivity contribution is 7.89. The maximum Gasteiger partial charge on any atom is 0.344 e. The predicted octanol–water partition coefficient (Wildman–Crippen LogP) is 1.25. The van der Waals surface area contributed by atoms with E-state index in [0.717, 1.165) is 0 Å². The molecule has 0 spiro atoms. The maximum atomic E-state index is 12.7. The number of hydrogen-bond donors (Lipinski definition) is 0. The number of fused-ring (bicyclic) bond motifs is 1. The van der Waals surface area contributed by atoms with Crippen molar-refractivity contribution in [2.24, 2.45) is 0 Å². The van der Waals surface area contributed by atoms with Crippen LogP contribution in [0.4, 0.5) is 0 Å². The minimum atomic E-state index is -3.62. The molecule has 2 heterocycles. The summed E-state index contributed by atoms with van der Waals surface area (Å²) in [7, 11) is -3.62. The molecule has 4 rings (SSSR count). The molecule has 1 saturated heterocycles. The fourth-order valence-corrected chi connectivity index (χ4v) is 4.91. The third-order valence-corrected chi connectivity index (χ3v) is 7.19. The first-order chi connectivity index (χ1) is 16.3. The van der Waals surface area contributed by atoms with Crippen LogP contribution in [0.2, 0.25) is 0 Å². The molecular weight excluding hydrogens is 464 g/mol. The Kier molecular flexibility index (Phi) is 6.94. The Balaban J connectivity index is 1.23. The molecule has 11 heteroatoms. The van der Waals surface area contributed by atoms with Gasteiger partial charge in [0.25, 0.3) is 5.91 Å². The van der Waals surface area contributed by atoms with Gasteiger partial charge in [-0.05, 0) is 30.3 Å². The third kappa shape index (κ3) is 5.43. The van der Waals surface area contributed by atoms with Gasteiger partial charge < -0.3 is 18.8 Å². The standard InChI is InChI=1S/C23H22N2O8S/c26-21(24-10-12-25(13-11-24)34(29,30)19-4-2-1-3-5-19)15-32-23(28)16-31-18-8-6-17-7-9-22(27)33-20(17)14-18/h1-9,14H,10-13,15-16H2. The van der Waals surface area contributed by atoms with Crippen LogP contribution < -0.4 is 10.4 Å². The number of carbonyl (C=O) groups is 2. The van der Waals surface area contributed by atoms with Gasteiger partial charge in [-0.1, -0.05) is 18.2 Å². The van der Waals surface area contributed by atoms with Crippen LogP contribution in [-0.4, -0.2) is 68.9 Å². The molecule has 1 fully saturated rings. The van der Waals surface area contributed by atoms with E-state index in [0.29, 0.717) is 16.7 Å². The second-order valence-electron chi connectivity index (χ2n) is 7.50. The van der Waals surface area contributed by atoms with E-state index in [1.165, 1.54) is 33.5 Å². The van der Waals surface area contributed by atoms with E-state index >= 15 is 0 Å². The zero-order chi connectivity index (χ0) is 24.1. The Morgan fingerprint density at radius 2 is 1.62 bits per heavy atom. The van der Waals surface area contributed by atoms with Gasteiger partial charge in [-0.2, -0.15) is 4.31 Å². The Morgan fingerprint density at radius 1 is 0.912 bits per heavy atom. The normalized spacial score (nSPS) is 14.6. The number of piperazine rings is 1. The molecule has 2 aromatic carbocycles. The molecular formula is C23H22N2O8S. The van der Waals surface area contributed by atoms with Gasteiger partial charge >= 0.3 is 11.6 Å². The quantitative estimate of drug-likeness (QED) is 0.361. The summed E-state index contributed by atoms with van der Waals surface area (Å²) in [5, 5.41) is 0.705. The fraction of sp³-hybridized carbons (Fsp3) is 0.261. The lowest BCUT2D eigenvalue weighted by atomic mass is 10.2. The van der Waals surface area contributed by atoms with E-state index in [1.54, 1.807) is 36.4 Å². The first-order valence-corrected chi connectivity index (χ1v) is 11.9. The van der Waals surface area contributed by atoms with Crippen molar-refractivity contribution >= 4 is 32.9 Å². The van der Waals surface area contributed by atoms with Crippen LogP contribution in [0.5, 0.6) is 5.75 Å². The van der Waals surface area contributed by atoms with E-state index in [9.17, 15) is 22.8 Å². The first-order valence-electron chi connectivity index (χ1n) is 10.5. The van der Waals surface area contributed by atoms with Crippen molar-refractivity contribution in [2.75, 3.05) is 39.4 Å². The number of rotatable bonds is 7. The number of ether oxygens (including phenoxy) is 2. The Labute approximate surface area is 195 Å². The molecule has 0 unspecified atom stereocenters. The molecule has 1 amide bonds. The van der Waals surface area contributed by atoms with Crippen LogP contribution in [0.15, 0.2) is 74.8 Å². The average Bonchev–Trinajstić information content (AvgIpc) is 2.86. The smallest absolute Gasteiger partial charge is 0.344 e. The monoisotopic (exact) mass is 486 g/mol. The van der Waals surface area contributed by atoms with Crippen LogP contribution in [-0.2, 0) is 24.3 Å². The van der Waals surface area contributed by atoms with E-state index < -0.39 is 40.7 Å². The molecule has 1 aliphatic heterocycles. The van der Waals surface area contributed by atoms with Gasteiger partial charge in [0.05, 0.1) is 4.90 Å². The van der Waals surface area contributed by atoms with E-state index in [-0.39, 0.29) is 31.1 Å². The summed E-state index contributed by atoms with van der Waals surface area (Å²) in [5.74, 6) is -0.855. The summed E-state index contributed by atoms with van der Waals surface area (Å²) >= 11 is 0. The van der Waals surface area contributed by atoms with Gasteiger partial charge in [-0.3, -0.25) is 4.79 Å². The maximum absolute atomic E-state index is 12.7. The molecule has 3 aromatic rings. The SMILES string of the molecule is O=C(COc1ccc2ccc(=O)oc2c1)OCC(=O)N1CCN(S(=O)(=O)c2ccccc2)CC1. The van der Waals surface area contributed by atoms with Crippen LogP contribution in [0.25, 0.3) is 11.0 Å². The lowest BCUT2D eigenvalue weighted by molar-refractivity contribution is -0.154. The minimum absolute atomic E-state index is 0.151. The van der Waals surface area contributed by atoms with Gasteiger partial charge in [0, 0.05) is 43.7 Å². The van der Waals surface area contributed by atoms with Gasteiger partial charge in [0.2, 0.25) is 10.0 Å². The molecule has 10 nitrogen and oxygen atoms in total. The summed E-state index contributed by atoms with van der Waals surface area (Å²) in [6.07, 6.45) is 0. The Morgan fingerprint density at radius 3 is 2.35 bits per heavy atom. The highest BCUT2D eigenvalue weighted by Crippen LogP contribution is 2.20. The molecule has 1 aromatic heterocycles. The second-order valence-corrected chi connectivity index (χ2v) is 9.44. The molecule has 0 radical (unpaired) electrons. The van der Waals surface area contributed by atoms with Crippen molar-refractivity contribution in [1.82, 2.24) is 9.21 Å². The van der Waals surface area contributed by atoms with Crippen molar-refractivity contribution < 1.29 is 31.9 Å². The van der Waals surface area contributed by atoms with Crippen LogP contribution >= 0.6 is 0 Å². The Hall–Kier alpha value is -3.70. The average molecular weight is 487 g/mol. The molecule has 0 atom stereocenters. The highest BCUT2D eigenvalue weighted by atomic mass is 32.2. The largest absolute Gasteiger partial charge is 0.482 e. The molecule has 178 valence electrons. The van der Waals surface area contributed by atoms with Crippen molar-refractivity contribution in [3.8, 4) is 5.75 Å². The zero-order valence-electron chi connectivity index (χ0n) is 18.1. The summed E-state index contributed by atoms with van der Waals surface area (Å²) in [6.45, 7) is -0.210.